The molecule has 5 heteroatoms. The third kappa shape index (κ3) is 1.98. The molecular formula is C12H16N4O. The van der Waals surface area contributed by atoms with Crippen molar-refractivity contribution in [2.75, 3.05) is 13.1 Å². The van der Waals surface area contributed by atoms with Crippen LogP contribution >= 0.6 is 0 Å². The molecule has 0 aromatic carbocycles. The summed E-state index contributed by atoms with van der Waals surface area (Å²) in [6, 6.07) is 1.90. The van der Waals surface area contributed by atoms with Gasteiger partial charge in [0, 0.05) is 12.7 Å². The average molecular weight is 232 g/mol. The molecule has 1 fully saturated rings. The van der Waals surface area contributed by atoms with Crippen molar-refractivity contribution in [3.05, 3.63) is 28.9 Å². The molecule has 3 rings (SSSR count). The van der Waals surface area contributed by atoms with Gasteiger partial charge in [0.05, 0.1) is 17.2 Å². The molecule has 17 heavy (non-hydrogen) atoms. The SMILES string of the molecule is O=c1[nH]c2cnccc2n1CC1CCNCC1. The van der Waals surface area contributed by atoms with E-state index in [2.05, 4.69) is 15.3 Å². The van der Waals surface area contributed by atoms with Crippen LogP contribution < -0.4 is 11.0 Å². The first-order valence-electron chi connectivity index (χ1n) is 6.08. The molecule has 3 heterocycles. The molecule has 1 aliphatic heterocycles. The van der Waals surface area contributed by atoms with Gasteiger partial charge < -0.3 is 10.3 Å². The van der Waals surface area contributed by atoms with Crippen LogP contribution in [0.2, 0.25) is 0 Å². The van der Waals surface area contributed by atoms with E-state index >= 15 is 0 Å². The number of aromatic amines is 1. The molecule has 0 bridgehead atoms. The van der Waals surface area contributed by atoms with Crippen LogP contribution in [0.25, 0.3) is 11.0 Å². The minimum Gasteiger partial charge on any atom is -0.317 e. The van der Waals surface area contributed by atoms with Gasteiger partial charge in [0.25, 0.3) is 0 Å². The Morgan fingerprint density at radius 1 is 1.41 bits per heavy atom. The number of nitrogens with zero attached hydrogens (tertiary/aromatic N) is 2. The summed E-state index contributed by atoms with van der Waals surface area (Å²) in [5.41, 5.74) is 1.77. The molecule has 2 aromatic rings. The van der Waals surface area contributed by atoms with Gasteiger partial charge in [0.1, 0.15) is 0 Å². The Kier molecular flexibility index (Phi) is 2.68. The lowest BCUT2D eigenvalue weighted by Crippen LogP contribution is -2.31. The van der Waals surface area contributed by atoms with Crippen LogP contribution in [-0.4, -0.2) is 27.6 Å². The smallest absolute Gasteiger partial charge is 0.317 e. The van der Waals surface area contributed by atoms with Crippen molar-refractivity contribution in [3.8, 4) is 0 Å². The number of hydrogen-bond donors (Lipinski definition) is 2. The number of aromatic nitrogens is 3. The maximum absolute atomic E-state index is 11.9. The van der Waals surface area contributed by atoms with E-state index in [0.29, 0.717) is 5.92 Å². The number of piperidine rings is 1. The fourth-order valence-corrected chi connectivity index (χ4v) is 2.51. The Morgan fingerprint density at radius 2 is 2.24 bits per heavy atom. The van der Waals surface area contributed by atoms with Crippen molar-refractivity contribution >= 4 is 11.0 Å². The lowest BCUT2D eigenvalue weighted by molar-refractivity contribution is 0.333. The zero-order valence-electron chi connectivity index (χ0n) is 9.65. The topological polar surface area (TPSA) is 62.7 Å². The van der Waals surface area contributed by atoms with Crippen molar-refractivity contribution in [2.45, 2.75) is 19.4 Å². The highest BCUT2D eigenvalue weighted by molar-refractivity contribution is 5.73. The van der Waals surface area contributed by atoms with E-state index in [1.165, 1.54) is 0 Å². The summed E-state index contributed by atoms with van der Waals surface area (Å²) in [5.74, 6) is 0.598. The maximum Gasteiger partial charge on any atom is 0.326 e. The van der Waals surface area contributed by atoms with Gasteiger partial charge in [-0.05, 0) is 37.9 Å². The van der Waals surface area contributed by atoms with Gasteiger partial charge in [-0.1, -0.05) is 0 Å². The number of hydrogen-bond acceptors (Lipinski definition) is 3. The molecule has 0 spiro atoms. The van der Waals surface area contributed by atoms with Crippen molar-refractivity contribution in [2.24, 2.45) is 5.92 Å². The molecule has 0 aliphatic carbocycles. The highest BCUT2D eigenvalue weighted by atomic mass is 16.1. The van der Waals surface area contributed by atoms with Gasteiger partial charge >= 0.3 is 5.69 Å². The molecule has 5 nitrogen and oxygen atoms in total. The minimum atomic E-state index is -0.0217. The van der Waals surface area contributed by atoms with Crippen molar-refractivity contribution in [3.63, 3.8) is 0 Å². The zero-order chi connectivity index (χ0) is 11.7. The first-order valence-corrected chi connectivity index (χ1v) is 6.08. The van der Waals surface area contributed by atoms with Crippen LogP contribution in [0.1, 0.15) is 12.8 Å². The van der Waals surface area contributed by atoms with E-state index < -0.39 is 0 Å². The molecule has 1 saturated heterocycles. The molecule has 0 unspecified atom stereocenters. The summed E-state index contributed by atoms with van der Waals surface area (Å²) >= 11 is 0. The second-order valence-corrected chi connectivity index (χ2v) is 4.63. The monoisotopic (exact) mass is 232 g/mol. The van der Waals surface area contributed by atoms with E-state index in [-0.39, 0.29) is 5.69 Å². The third-order valence-corrected chi connectivity index (χ3v) is 3.48. The van der Waals surface area contributed by atoms with Crippen molar-refractivity contribution in [1.29, 1.82) is 0 Å². The summed E-state index contributed by atoms with van der Waals surface area (Å²) in [7, 11) is 0. The van der Waals surface area contributed by atoms with Crippen LogP contribution in [-0.2, 0) is 6.54 Å². The summed E-state index contributed by atoms with van der Waals surface area (Å²) < 4.78 is 1.84. The molecular weight excluding hydrogens is 216 g/mol. The zero-order valence-corrected chi connectivity index (χ0v) is 9.65. The van der Waals surface area contributed by atoms with Gasteiger partial charge in [0.15, 0.2) is 0 Å². The number of H-pyrrole nitrogens is 1. The van der Waals surface area contributed by atoms with E-state index in [1.807, 2.05) is 10.6 Å². The Morgan fingerprint density at radius 3 is 3.06 bits per heavy atom. The van der Waals surface area contributed by atoms with Crippen LogP contribution in [0, 0.1) is 5.92 Å². The van der Waals surface area contributed by atoms with E-state index in [0.717, 1.165) is 43.5 Å². The highest BCUT2D eigenvalue weighted by Crippen LogP contribution is 2.16. The predicted octanol–water partition coefficient (Wildman–Crippen LogP) is 0.724. The van der Waals surface area contributed by atoms with E-state index in [1.54, 1.807) is 12.4 Å². The number of pyridine rings is 1. The van der Waals surface area contributed by atoms with Gasteiger partial charge in [0.2, 0.25) is 0 Å². The molecule has 0 radical (unpaired) electrons. The maximum atomic E-state index is 11.9. The molecule has 2 N–H and O–H groups in total. The Hall–Kier alpha value is -1.62. The van der Waals surface area contributed by atoms with Gasteiger partial charge in [-0.3, -0.25) is 9.55 Å². The quantitative estimate of drug-likeness (QED) is 0.802. The van der Waals surface area contributed by atoms with Crippen LogP contribution in [0.4, 0.5) is 0 Å². The lowest BCUT2D eigenvalue weighted by atomic mass is 9.98. The first-order chi connectivity index (χ1) is 8.34. The molecule has 2 aromatic heterocycles. The molecule has 0 atom stereocenters. The normalized spacial score (nSPS) is 17.6. The molecule has 1 aliphatic rings. The second-order valence-electron chi connectivity index (χ2n) is 4.63. The number of fused-ring (bicyclic) bond motifs is 1. The molecule has 0 saturated carbocycles. The Bertz CT molecular complexity index is 565. The molecule has 0 amide bonds. The van der Waals surface area contributed by atoms with E-state index in [4.69, 9.17) is 0 Å². The van der Waals surface area contributed by atoms with Crippen molar-refractivity contribution < 1.29 is 0 Å². The minimum absolute atomic E-state index is 0.0217. The number of rotatable bonds is 2. The van der Waals surface area contributed by atoms with Crippen LogP contribution in [0.5, 0.6) is 0 Å². The number of nitrogens with one attached hydrogen (secondary N) is 2. The summed E-state index contributed by atoms with van der Waals surface area (Å²) in [6.07, 6.45) is 5.72. The summed E-state index contributed by atoms with van der Waals surface area (Å²) in [6.45, 7) is 2.93. The summed E-state index contributed by atoms with van der Waals surface area (Å²) in [4.78, 5) is 18.7. The fraction of sp³-hybridized carbons (Fsp3) is 0.500. The second kappa shape index (κ2) is 4.33. The van der Waals surface area contributed by atoms with E-state index in [9.17, 15) is 4.79 Å². The first kappa shape index (κ1) is 10.5. The lowest BCUT2D eigenvalue weighted by Gasteiger charge is -2.22. The fourth-order valence-electron chi connectivity index (χ4n) is 2.51. The van der Waals surface area contributed by atoms with Gasteiger partial charge in [-0.25, -0.2) is 4.79 Å². The van der Waals surface area contributed by atoms with Gasteiger partial charge in [-0.15, -0.1) is 0 Å². The number of imidazole rings is 1. The molecule has 90 valence electrons. The van der Waals surface area contributed by atoms with Crippen molar-refractivity contribution in [1.82, 2.24) is 19.9 Å². The largest absolute Gasteiger partial charge is 0.326 e. The Balaban J connectivity index is 1.93. The Labute approximate surface area is 98.9 Å². The standard InChI is InChI=1S/C12H16N4O/c17-12-15-10-7-14-6-3-11(10)16(12)8-9-1-4-13-5-2-9/h3,6-7,9,13H,1-2,4-5,8H2,(H,15,17). The van der Waals surface area contributed by atoms with Crippen LogP contribution in [0.15, 0.2) is 23.3 Å². The summed E-state index contributed by atoms with van der Waals surface area (Å²) in [5, 5.41) is 3.34. The third-order valence-electron chi connectivity index (χ3n) is 3.48. The highest BCUT2D eigenvalue weighted by Gasteiger charge is 2.16. The van der Waals surface area contributed by atoms with Crippen LogP contribution in [0.3, 0.4) is 0 Å². The van der Waals surface area contributed by atoms with Gasteiger partial charge in [-0.2, -0.15) is 0 Å². The predicted molar refractivity (Wildman–Crippen MR) is 65.9 cm³/mol. The average Bonchev–Trinajstić information content (AvgIpc) is 2.68.